The Kier molecular flexibility index (Phi) is 9.78. The highest BCUT2D eigenvalue weighted by atomic mass is 16.5. The first-order valence-electron chi connectivity index (χ1n) is 24.9. The first-order chi connectivity index (χ1) is 35.4. The summed E-state index contributed by atoms with van der Waals surface area (Å²) < 4.78 is 21.5. The second kappa shape index (κ2) is 16.2. The van der Waals surface area contributed by atoms with E-state index in [0.29, 0.717) is 11.1 Å². The summed E-state index contributed by atoms with van der Waals surface area (Å²) in [4.78, 5) is 4.66. The van der Waals surface area contributed by atoms with E-state index in [-0.39, 0.29) is 23.0 Å². The lowest BCUT2D eigenvalue weighted by molar-refractivity contribution is 0.253. The molecule has 0 amide bonds. The van der Waals surface area contributed by atoms with E-state index in [9.17, 15) is 10.5 Å². The van der Waals surface area contributed by atoms with Crippen LogP contribution in [0.4, 0.5) is 28.4 Å². The molecule has 3 heterocycles. The van der Waals surface area contributed by atoms with Crippen LogP contribution in [0.5, 0.6) is 5.75 Å². The minimum absolute atomic E-state index is 0.133. The number of nitrogens with zero attached hydrogens (tertiary/aromatic N) is 4. The highest BCUT2D eigenvalue weighted by Gasteiger charge is 2.42. The number of rotatable bonds is 6. The van der Waals surface area contributed by atoms with Crippen LogP contribution in [0.25, 0.3) is 71.0 Å². The van der Waals surface area contributed by atoms with Gasteiger partial charge >= 0.3 is 0 Å². The number of benzene rings is 9. The smallest absolute Gasteiger partial charge is 0.159 e. The minimum atomic E-state index is -0.327. The summed E-state index contributed by atoms with van der Waals surface area (Å²) in [5.41, 5.74) is 13.2. The molecule has 0 saturated heterocycles. The van der Waals surface area contributed by atoms with Crippen molar-refractivity contribution in [2.75, 3.05) is 9.80 Å². The third-order valence-electron chi connectivity index (χ3n) is 14.9. The van der Waals surface area contributed by atoms with E-state index in [2.05, 4.69) is 197 Å². The number of allylic oxidation sites excluding steroid dienone is 2. The van der Waals surface area contributed by atoms with E-state index in [4.69, 9.17) is 13.6 Å². The van der Waals surface area contributed by atoms with Crippen LogP contribution in [-0.2, 0) is 10.8 Å². The zero-order valence-corrected chi connectivity index (χ0v) is 41.5. The average Bonchev–Trinajstić information content (AvgIpc) is 4.11. The van der Waals surface area contributed by atoms with Crippen molar-refractivity contribution in [1.29, 1.82) is 10.5 Å². The third kappa shape index (κ3) is 6.84. The van der Waals surface area contributed by atoms with Crippen molar-refractivity contribution in [2.24, 2.45) is 0 Å². The number of hydrogen-bond acceptors (Lipinski definition) is 7. The molecular weight excluding hydrogens is 897 g/mol. The Labute approximate surface area is 423 Å². The molecule has 9 aromatic carbocycles. The largest absolute Gasteiger partial charge is 0.482 e. The molecule has 2 aliphatic rings. The molecule has 2 unspecified atom stereocenters. The Morgan fingerprint density at radius 3 is 1.60 bits per heavy atom. The van der Waals surface area contributed by atoms with E-state index in [1.165, 1.54) is 5.56 Å². The Bertz CT molecular complexity index is 4240. The van der Waals surface area contributed by atoms with Crippen molar-refractivity contribution in [1.82, 2.24) is 0 Å². The van der Waals surface area contributed by atoms with Crippen LogP contribution in [0.2, 0.25) is 0 Å². The Morgan fingerprint density at radius 1 is 0.466 bits per heavy atom. The number of furan rings is 2. The number of hydrogen-bond donors (Lipinski definition) is 0. The van der Waals surface area contributed by atoms with E-state index in [1.807, 2.05) is 48.5 Å². The van der Waals surface area contributed by atoms with E-state index in [1.54, 1.807) is 0 Å². The Morgan fingerprint density at radius 2 is 0.973 bits per heavy atom. The standard InChI is InChI=1S/C66H50N4O3/c1-65(2,3)53-23-11-19-47-49-21-13-25-55(63(49)72-61(47)53)69(41-31-27-39(37-67)28-32-41)57-35-51-52-36-58(44-16-8-10-18-46(44)60(52)71-59(51)45-17-9-7-15-43(45)57)70(42-33-29-40(38-68)30-34-42)56-26-14-22-50-48-20-12-24-54(66(4,5)6)62(48)73-64(50)56/h7-36,55,63H,1-6H3. The summed E-state index contributed by atoms with van der Waals surface area (Å²) in [5, 5.41) is 27.9. The van der Waals surface area contributed by atoms with Gasteiger partial charge in [0.1, 0.15) is 28.6 Å². The predicted octanol–water partition coefficient (Wildman–Crippen LogP) is 17.5. The molecule has 7 nitrogen and oxygen atoms in total. The van der Waals surface area contributed by atoms with Crippen LogP contribution in [0.1, 0.15) is 69.4 Å². The molecule has 0 bridgehead atoms. The van der Waals surface area contributed by atoms with Gasteiger partial charge in [0.15, 0.2) is 5.58 Å². The lowest BCUT2D eigenvalue weighted by Gasteiger charge is -2.37. The fourth-order valence-corrected chi connectivity index (χ4v) is 11.5. The molecule has 1 aliphatic carbocycles. The summed E-state index contributed by atoms with van der Waals surface area (Å²) in [5.74, 6) is 0.931. The first-order valence-corrected chi connectivity index (χ1v) is 24.9. The van der Waals surface area contributed by atoms with Crippen molar-refractivity contribution < 1.29 is 13.6 Å². The molecule has 0 N–H and O–H groups in total. The van der Waals surface area contributed by atoms with Crippen LogP contribution >= 0.6 is 0 Å². The van der Waals surface area contributed by atoms with Crippen LogP contribution in [0.3, 0.4) is 0 Å². The van der Waals surface area contributed by atoms with Gasteiger partial charge in [-0.05, 0) is 77.6 Å². The van der Waals surface area contributed by atoms with Crippen LogP contribution < -0.4 is 14.5 Å². The minimum Gasteiger partial charge on any atom is -0.482 e. The molecule has 1 aliphatic heterocycles. The molecule has 2 atom stereocenters. The molecule has 0 fully saturated rings. The number of para-hydroxylation sites is 3. The fourth-order valence-electron chi connectivity index (χ4n) is 11.5. The summed E-state index contributed by atoms with van der Waals surface area (Å²) in [7, 11) is 0. The Balaban J connectivity index is 1.08. The number of fused-ring (bicyclic) bond motifs is 13. The number of ether oxygens (including phenoxy) is 1. The normalized spacial score (nSPS) is 15.4. The molecule has 352 valence electrons. The highest BCUT2D eigenvalue weighted by Crippen LogP contribution is 2.52. The maximum atomic E-state index is 9.98. The maximum Gasteiger partial charge on any atom is 0.159 e. The van der Waals surface area contributed by atoms with E-state index in [0.717, 1.165) is 116 Å². The molecular formula is C66H50N4O3. The molecule has 0 radical (unpaired) electrons. The van der Waals surface area contributed by atoms with E-state index < -0.39 is 0 Å². The van der Waals surface area contributed by atoms with Gasteiger partial charge in [-0.2, -0.15) is 10.5 Å². The van der Waals surface area contributed by atoms with Crippen molar-refractivity contribution in [3.8, 4) is 17.9 Å². The van der Waals surface area contributed by atoms with E-state index >= 15 is 0 Å². The molecule has 7 heteroatoms. The second-order valence-corrected chi connectivity index (χ2v) is 21.4. The monoisotopic (exact) mass is 946 g/mol. The second-order valence-electron chi connectivity index (χ2n) is 21.4. The van der Waals surface area contributed by atoms with Crippen molar-refractivity contribution >= 4 is 99.4 Å². The van der Waals surface area contributed by atoms with Crippen LogP contribution in [0, 0.1) is 22.7 Å². The van der Waals surface area contributed by atoms with Crippen molar-refractivity contribution in [2.45, 2.75) is 64.5 Å². The topological polar surface area (TPSA) is 89.6 Å². The summed E-state index contributed by atoms with van der Waals surface area (Å²) in [6.07, 6.45) is 6.27. The van der Waals surface area contributed by atoms with Gasteiger partial charge in [-0.1, -0.05) is 157 Å². The van der Waals surface area contributed by atoms with Gasteiger partial charge in [-0.25, -0.2) is 0 Å². The molecule has 13 rings (SSSR count). The van der Waals surface area contributed by atoms with Gasteiger partial charge < -0.3 is 23.4 Å². The Hall–Kier alpha value is -9.04. The van der Waals surface area contributed by atoms with Crippen LogP contribution in [-0.4, -0.2) is 12.1 Å². The number of anilines is 5. The number of nitriles is 2. The molecule has 2 aromatic heterocycles. The zero-order valence-electron chi connectivity index (χ0n) is 41.5. The molecule has 0 spiro atoms. The molecule has 0 saturated carbocycles. The first kappa shape index (κ1) is 43.9. The zero-order chi connectivity index (χ0) is 49.9. The third-order valence-corrected chi connectivity index (χ3v) is 14.9. The van der Waals surface area contributed by atoms with Gasteiger partial charge in [0.2, 0.25) is 0 Å². The van der Waals surface area contributed by atoms with Gasteiger partial charge in [0, 0.05) is 76.7 Å². The maximum absolute atomic E-state index is 9.98. The molecule has 73 heavy (non-hydrogen) atoms. The lowest BCUT2D eigenvalue weighted by Crippen LogP contribution is -2.42. The van der Waals surface area contributed by atoms with Gasteiger partial charge in [0.25, 0.3) is 0 Å². The fraction of sp³-hybridized carbons (Fsp3) is 0.152. The predicted molar refractivity (Wildman–Crippen MR) is 298 cm³/mol. The van der Waals surface area contributed by atoms with Crippen molar-refractivity contribution in [3.63, 3.8) is 0 Å². The van der Waals surface area contributed by atoms with Gasteiger partial charge in [0.05, 0.1) is 46.4 Å². The summed E-state index contributed by atoms with van der Waals surface area (Å²) in [6, 6.07) is 60.8. The van der Waals surface area contributed by atoms with Gasteiger partial charge in [-0.15, -0.1) is 0 Å². The summed E-state index contributed by atoms with van der Waals surface area (Å²) >= 11 is 0. The quantitative estimate of drug-likeness (QED) is 0.164. The average molecular weight is 947 g/mol. The molecule has 11 aromatic rings. The SMILES string of the molecule is CC(C)(C)c1cccc2c1OC1C2=CC=CC1N(c1ccc(C#N)cc1)c1cc2c3cc(N(c4ccc(C#N)cc4)c4cccc5c4oc4c(C(C)(C)C)cccc45)c4ccccc4c3oc2c2ccccc12. The van der Waals surface area contributed by atoms with Crippen molar-refractivity contribution in [3.05, 3.63) is 210 Å². The lowest BCUT2D eigenvalue weighted by atomic mass is 9.84. The highest BCUT2D eigenvalue weighted by molar-refractivity contribution is 6.25. The summed E-state index contributed by atoms with van der Waals surface area (Å²) in [6.45, 7) is 13.4. The van der Waals surface area contributed by atoms with Gasteiger partial charge in [-0.3, -0.25) is 0 Å². The van der Waals surface area contributed by atoms with Crippen LogP contribution in [0.15, 0.2) is 191 Å².